The molecular weight excluding hydrogens is 323 g/mol. The minimum atomic E-state index is -0.350. The Hall–Kier alpha value is -1.17. The van der Waals surface area contributed by atoms with Crippen LogP contribution in [-0.2, 0) is 4.74 Å². The highest BCUT2D eigenvalue weighted by atomic mass is 35.5. The van der Waals surface area contributed by atoms with Gasteiger partial charge in [-0.25, -0.2) is 4.39 Å². The Morgan fingerprint density at radius 2 is 2.05 bits per heavy atom. The number of methoxy groups -OCH3 is 1. The van der Waals surface area contributed by atoms with E-state index in [9.17, 15) is 4.39 Å². The van der Waals surface area contributed by atoms with Crippen molar-refractivity contribution in [2.45, 2.75) is 25.5 Å². The second-order valence-electron chi connectivity index (χ2n) is 5.57. The van der Waals surface area contributed by atoms with E-state index in [-0.39, 0.29) is 10.6 Å². The molecule has 0 aromatic heterocycles. The van der Waals surface area contributed by atoms with Crippen LogP contribution in [0, 0.1) is 5.82 Å². The average molecular weight is 345 g/mol. The van der Waals surface area contributed by atoms with Crippen LogP contribution in [-0.4, -0.2) is 18.5 Å². The second kappa shape index (κ2) is 7.90. The third-order valence-electron chi connectivity index (χ3n) is 2.89. The fraction of sp³-hybridized carbons (Fsp3) is 0.375. The van der Waals surface area contributed by atoms with E-state index in [1.54, 1.807) is 26.2 Å². The van der Waals surface area contributed by atoms with Crippen LogP contribution in [0.1, 0.15) is 26.3 Å². The summed E-state index contributed by atoms with van der Waals surface area (Å²) in [5.74, 6) is -0.350. The molecule has 0 unspecified atom stereocenters. The van der Waals surface area contributed by atoms with E-state index in [1.807, 2.05) is 13.8 Å². The van der Waals surface area contributed by atoms with Crippen LogP contribution in [0.2, 0.25) is 5.02 Å². The molecular formula is C16H22ClFN2OS. The van der Waals surface area contributed by atoms with Crippen molar-refractivity contribution in [2.75, 3.05) is 13.7 Å². The van der Waals surface area contributed by atoms with E-state index in [4.69, 9.17) is 27.8 Å². The van der Waals surface area contributed by atoms with E-state index in [0.29, 0.717) is 33.5 Å². The van der Waals surface area contributed by atoms with Crippen LogP contribution in [0.5, 0.6) is 0 Å². The van der Waals surface area contributed by atoms with Crippen LogP contribution in [0.4, 0.5) is 4.39 Å². The van der Waals surface area contributed by atoms with Crippen molar-refractivity contribution >= 4 is 28.9 Å². The molecule has 1 aromatic rings. The number of ether oxygens (including phenoxy) is 1. The van der Waals surface area contributed by atoms with Crippen molar-refractivity contribution in [3.8, 4) is 0 Å². The first-order valence-electron chi connectivity index (χ1n) is 6.73. The van der Waals surface area contributed by atoms with Gasteiger partial charge in [0.15, 0.2) is 0 Å². The molecule has 122 valence electrons. The summed E-state index contributed by atoms with van der Waals surface area (Å²) in [4.78, 5) is 0. The standard InChI is InChI=1S/C16H22ClFN2OS/c1-10(12-8-11(17)5-6-13(12)18)7-14(19)15(20)22-16(2,3)9-21-4/h5-8H,9,19-20H2,1-4H3/b10-7+,15-14-. The van der Waals surface area contributed by atoms with Crippen LogP contribution >= 0.6 is 23.4 Å². The molecule has 0 bridgehead atoms. The minimum Gasteiger partial charge on any atom is -0.397 e. The zero-order valence-corrected chi connectivity index (χ0v) is 14.8. The summed E-state index contributed by atoms with van der Waals surface area (Å²) in [7, 11) is 1.64. The van der Waals surface area contributed by atoms with E-state index in [2.05, 4.69) is 0 Å². The lowest BCUT2D eigenvalue weighted by Gasteiger charge is -2.23. The van der Waals surface area contributed by atoms with Crippen LogP contribution in [0.25, 0.3) is 5.57 Å². The number of nitrogens with two attached hydrogens (primary N) is 2. The summed E-state index contributed by atoms with van der Waals surface area (Å²) in [6.45, 7) is 6.32. The van der Waals surface area contributed by atoms with Gasteiger partial charge in [0.2, 0.25) is 0 Å². The van der Waals surface area contributed by atoms with Gasteiger partial charge in [-0.1, -0.05) is 23.4 Å². The largest absolute Gasteiger partial charge is 0.397 e. The molecule has 0 spiro atoms. The van der Waals surface area contributed by atoms with Crippen LogP contribution < -0.4 is 11.5 Å². The van der Waals surface area contributed by atoms with E-state index in [0.717, 1.165) is 0 Å². The van der Waals surface area contributed by atoms with Gasteiger partial charge in [0, 0.05) is 22.4 Å². The van der Waals surface area contributed by atoms with Gasteiger partial charge in [-0.15, -0.1) is 0 Å². The molecule has 3 nitrogen and oxygen atoms in total. The number of hydrogen-bond acceptors (Lipinski definition) is 4. The number of allylic oxidation sites excluding steroid dienone is 2. The first-order valence-corrected chi connectivity index (χ1v) is 7.92. The van der Waals surface area contributed by atoms with Crippen molar-refractivity contribution in [1.29, 1.82) is 0 Å². The molecule has 0 saturated carbocycles. The third-order valence-corrected chi connectivity index (χ3v) is 4.25. The highest BCUT2D eigenvalue weighted by molar-refractivity contribution is 8.04. The number of hydrogen-bond donors (Lipinski definition) is 2. The number of halogens is 2. The fourth-order valence-corrected chi connectivity index (χ4v) is 3.04. The quantitative estimate of drug-likeness (QED) is 0.762. The highest BCUT2D eigenvalue weighted by Gasteiger charge is 2.20. The monoisotopic (exact) mass is 344 g/mol. The molecule has 22 heavy (non-hydrogen) atoms. The van der Waals surface area contributed by atoms with Crippen molar-refractivity contribution in [3.05, 3.63) is 51.4 Å². The number of thioether (sulfide) groups is 1. The van der Waals surface area contributed by atoms with Gasteiger partial charge in [0.05, 0.1) is 17.3 Å². The van der Waals surface area contributed by atoms with Crippen LogP contribution in [0.15, 0.2) is 35.0 Å². The summed E-state index contributed by atoms with van der Waals surface area (Å²) < 4.78 is 18.8. The van der Waals surface area contributed by atoms with Gasteiger partial charge in [-0.3, -0.25) is 0 Å². The average Bonchev–Trinajstić information content (AvgIpc) is 2.40. The van der Waals surface area contributed by atoms with Gasteiger partial charge in [0.25, 0.3) is 0 Å². The van der Waals surface area contributed by atoms with Crippen LogP contribution in [0.3, 0.4) is 0 Å². The molecule has 0 radical (unpaired) electrons. The van der Waals surface area contributed by atoms with E-state index in [1.165, 1.54) is 23.9 Å². The zero-order chi connectivity index (χ0) is 16.9. The summed E-state index contributed by atoms with van der Waals surface area (Å²) in [5, 5.41) is 0.944. The van der Waals surface area contributed by atoms with Gasteiger partial charge in [0.1, 0.15) is 5.82 Å². The molecule has 6 heteroatoms. The maximum absolute atomic E-state index is 13.8. The van der Waals surface area contributed by atoms with Gasteiger partial charge >= 0.3 is 0 Å². The lowest BCUT2D eigenvalue weighted by atomic mass is 10.1. The Kier molecular flexibility index (Phi) is 6.78. The van der Waals surface area contributed by atoms with Gasteiger partial charge in [-0.2, -0.15) is 0 Å². The maximum atomic E-state index is 13.8. The molecule has 0 saturated heterocycles. The Morgan fingerprint density at radius 1 is 1.41 bits per heavy atom. The fourth-order valence-electron chi connectivity index (χ4n) is 1.92. The highest BCUT2D eigenvalue weighted by Crippen LogP contribution is 2.31. The first-order chi connectivity index (χ1) is 10.2. The van der Waals surface area contributed by atoms with Gasteiger partial charge in [-0.05, 0) is 50.6 Å². The Bertz CT molecular complexity index is 600. The summed E-state index contributed by atoms with van der Waals surface area (Å²) in [5.41, 5.74) is 13.5. The molecule has 0 aliphatic rings. The Balaban J connectivity index is 3.03. The predicted molar refractivity (Wildman–Crippen MR) is 94.0 cm³/mol. The summed E-state index contributed by atoms with van der Waals surface area (Å²) in [6.07, 6.45) is 1.65. The number of rotatable bonds is 6. The summed E-state index contributed by atoms with van der Waals surface area (Å²) in [6, 6.07) is 4.40. The van der Waals surface area contributed by atoms with E-state index < -0.39 is 0 Å². The molecule has 0 aliphatic heterocycles. The van der Waals surface area contributed by atoms with Crippen molar-refractivity contribution in [1.82, 2.24) is 0 Å². The lowest BCUT2D eigenvalue weighted by Crippen LogP contribution is -2.24. The molecule has 0 fully saturated rings. The topological polar surface area (TPSA) is 61.3 Å². The molecule has 0 heterocycles. The molecule has 1 aromatic carbocycles. The maximum Gasteiger partial charge on any atom is 0.130 e. The molecule has 1 rings (SSSR count). The normalized spacial score (nSPS) is 14.0. The Labute approximate surface area is 140 Å². The molecule has 0 aliphatic carbocycles. The van der Waals surface area contributed by atoms with E-state index >= 15 is 0 Å². The van der Waals surface area contributed by atoms with Gasteiger partial charge < -0.3 is 16.2 Å². The molecule has 4 N–H and O–H groups in total. The van der Waals surface area contributed by atoms with Crippen molar-refractivity contribution in [3.63, 3.8) is 0 Å². The zero-order valence-electron chi connectivity index (χ0n) is 13.2. The minimum absolute atomic E-state index is 0.202. The molecule has 0 atom stereocenters. The number of benzene rings is 1. The summed E-state index contributed by atoms with van der Waals surface area (Å²) >= 11 is 7.32. The van der Waals surface area contributed by atoms with Crippen molar-refractivity contribution < 1.29 is 9.13 Å². The SMILES string of the molecule is COCC(C)(C)S/C(N)=C(N)/C=C(\C)c1cc(Cl)ccc1F. The Morgan fingerprint density at radius 3 is 2.64 bits per heavy atom. The predicted octanol–water partition coefficient (Wildman–Crippen LogP) is 4.13. The first kappa shape index (κ1) is 18.9. The van der Waals surface area contributed by atoms with Crippen molar-refractivity contribution in [2.24, 2.45) is 11.5 Å². The second-order valence-corrected chi connectivity index (χ2v) is 7.75. The smallest absolute Gasteiger partial charge is 0.130 e. The lowest BCUT2D eigenvalue weighted by molar-refractivity contribution is 0.179. The molecule has 0 amide bonds. The third kappa shape index (κ3) is 5.55.